The van der Waals surface area contributed by atoms with E-state index >= 15 is 0 Å². The van der Waals surface area contributed by atoms with Gasteiger partial charge in [-0.15, -0.1) is 0 Å². The number of nitro groups is 1. The smallest absolute Gasteiger partial charge is 0.328 e. The summed E-state index contributed by atoms with van der Waals surface area (Å²) in [6.45, 7) is 1.80. The van der Waals surface area contributed by atoms with Crippen molar-refractivity contribution >= 4 is 11.7 Å². The third-order valence-electron chi connectivity index (χ3n) is 4.06. The van der Waals surface area contributed by atoms with E-state index < -0.39 is 34.2 Å². The van der Waals surface area contributed by atoms with E-state index in [1.165, 1.54) is 24.3 Å². The van der Waals surface area contributed by atoms with Crippen LogP contribution in [0.1, 0.15) is 24.2 Å². The number of ether oxygens (including phenoxy) is 2. The molecule has 2 aromatic rings. The van der Waals surface area contributed by atoms with Crippen molar-refractivity contribution in [1.29, 1.82) is 0 Å². The van der Waals surface area contributed by atoms with Crippen LogP contribution in [0.25, 0.3) is 0 Å². The second-order valence-electron chi connectivity index (χ2n) is 5.67. The standard InChI is InChI=1S/C16H15N3O7/c1-2-25-15(21)10-7-11-13(20)17-16(22)18-14(11)26-12(10)8-3-5-9(6-4-8)19(23)24/h3-6,10,12H,2,7H2,1H3,(H2,17,18,20,22). The molecule has 0 bridgehead atoms. The lowest BCUT2D eigenvalue weighted by atomic mass is 9.88. The predicted octanol–water partition coefficient (Wildman–Crippen LogP) is 0.827. The molecule has 0 fully saturated rings. The summed E-state index contributed by atoms with van der Waals surface area (Å²) in [6.07, 6.45) is -0.859. The Labute approximate surface area is 145 Å². The lowest BCUT2D eigenvalue weighted by Gasteiger charge is -2.31. The summed E-state index contributed by atoms with van der Waals surface area (Å²) in [5.74, 6) is -1.43. The summed E-state index contributed by atoms with van der Waals surface area (Å²) in [5.41, 5.74) is -0.852. The molecule has 1 aromatic heterocycles. The Balaban J connectivity index is 2.04. The summed E-state index contributed by atoms with van der Waals surface area (Å²) in [7, 11) is 0. The van der Waals surface area contributed by atoms with Crippen molar-refractivity contribution in [1.82, 2.24) is 9.97 Å². The predicted molar refractivity (Wildman–Crippen MR) is 88.0 cm³/mol. The molecule has 2 atom stereocenters. The molecule has 2 N–H and O–H groups in total. The number of hydrogen-bond acceptors (Lipinski definition) is 7. The van der Waals surface area contributed by atoms with E-state index in [0.29, 0.717) is 5.56 Å². The zero-order valence-electron chi connectivity index (χ0n) is 13.7. The van der Waals surface area contributed by atoms with Gasteiger partial charge >= 0.3 is 11.7 Å². The van der Waals surface area contributed by atoms with Gasteiger partial charge in [0.1, 0.15) is 12.0 Å². The van der Waals surface area contributed by atoms with Crippen LogP contribution in [0.2, 0.25) is 0 Å². The highest BCUT2D eigenvalue weighted by Gasteiger charge is 2.39. The van der Waals surface area contributed by atoms with Crippen molar-refractivity contribution in [3.8, 4) is 5.88 Å². The van der Waals surface area contributed by atoms with Gasteiger partial charge in [0, 0.05) is 18.6 Å². The minimum atomic E-state index is -0.861. The monoisotopic (exact) mass is 361 g/mol. The molecule has 10 heteroatoms. The summed E-state index contributed by atoms with van der Waals surface area (Å²) >= 11 is 0. The summed E-state index contributed by atoms with van der Waals surface area (Å²) in [5, 5.41) is 10.8. The molecular formula is C16H15N3O7. The highest BCUT2D eigenvalue weighted by Crippen LogP contribution is 2.37. The average molecular weight is 361 g/mol. The molecule has 2 unspecified atom stereocenters. The van der Waals surface area contributed by atoms with Gasteiger partial charge in [-0.05, 0) is 24.6 Å². The number of aromatic nitrogens is 2. The SMILES string of the molecule is CCOC(=O)C1Cc2c([nH]c(=O)[nH]c2=O)OC1c1ccc([N+](=O)[O-])cc1. The molecule has 1 aliphatic rings. The number of esters is 1. The number of nitrogens with one attached hydrogen (secondary N) is 2. The minimum absolute atomic E-state index is 0.00192. The third-order valence-corrected chi connectivity index (χ3v) is 4.06. The van der Waals surface area contributed by atoms with E-state index in [1.54, 1.807) is 6.92 Å². The Hall–Kier alpha value is -3.43. The van der Waals surface area contributed by atoms with Crippen LogP contribution in [-0.2, 0) is 16.0 Å². The van der Waals surface area contributed by atoms with Gasteiger partial charge in [-0.1, -0.05) is 0 Å². The van der Waals surface area contributed by atoms with Crippen LogP contribution in [0.4, 0.5) is 5.69 Å². The van der Waals surface area contributed by atoms with Crippen molar-refractivity contribution in [2.45, 2.75) is 19.4 Å². The molecule has 10 nitrogen and oxygen atoms in total. The summed E-state index contributed by atoms with van der Waals surface area (Å²) < 4.78 is 10.8. The van der Waals surface area contributed by atoms with Crippen LogP contribution in [0.5, 0.6) is 5.88 Å². The van der Waals surface area contributed by atoms with E-state index in [4.69, 9.17) is 9.47 Å². The quantitative estimate of drug-likeness (QED) is 0.466. The molecule has 26 heavy (non-hydrogen) atoms. The molecule has 136 valence electrons. The fourth-order valence-electron chi connectivity index (χ4n) is 2.86. The highest BCUT2D eigenvalue weighted by molar-refractivity contribution is 5.74. The van der Waals surface area contributed by atoms with Gasteiger partial charge in [0.05, 0.1) is 17.1 Å². The lowest BCUT2D eigenvalue weighted by Crippen LogP contribution is -2.38. The minimum Gasteiger partial charge on any atom is -0.469 e. The second-order valence-corrected chi connectivity index (χ2v) is 5.67. The third kappa shape index (κ3) is 3.21. The van der Waals surface area contributed by atoms with Crippen LogP contribution in [0.15, 0.2) is 33.9 Å². The van der Waals surface area contributed by atoms with Crippen molar-refractivity contribution < 1.29 is 19.2 Å². The number of carbonyl (C=O) groups is 1. The van der Waals surface area contributed by atoms with Gasteiger partial charge in [-0.3, -0.25) is 29.7 Å². The first-order valence-electron chi connectivity index (χ1n) is 7.83. The van der Waals surface area contributed by atoms with Crippen LogP contribution in [0.3, 0.4) is 0 Å². The number of hydrogen-bond donors (Lipinski definition) is 2. The van der Waals surface area contributed by atoms with E-state index in [9.17, 15) is 24.5 Å². The maximum Gasteiger partial charge on any atom is 0.328 e. The average Bonchev–Trinajstić information content (AvgIpc) is 2.61. The summed E-state index contributed by atoms with van der Waals surface area (Å²) in [6, 6.07) is 5.50. The van der Waals surface area contributed by atoms with Gasteiger partial charge in [0.15, 0.2) is 0 Å². The lowest BCUT2D eigenvalue weighted by molar-refractivity contribution is -0.384. The molecule has 1 aliphatic heterocycles. The number of non-ortho nitro benzene ring substituents is 1. The topological polar surface area (TPSA) is 144 Å². The Morgan fingerprint density at radius 3 is 2.62 bits per heavy atom. The molecular weight excluding hydrogens is 346 g/mol. The largest absolute Gasteiger partial charge is 0.469 e. The normalized spacial score (nSPS) is 18.5. The Kier molecular flexibility index (Phi) is 4.57. The number of nitro benzene ring substituents is 1. The molecule has 2 heterocycles. The van der Waals surface area contributed by atoms with E-state index in [0.717, 1.165) is 0 Å². The van der Waals surface area contributed by atoms with Crippen LogP contribution in [-0.4, -0.2) is 27.5 Å². The second kappa shape index (κ2) is 6.82. The number of H-pyrrole nitrogens is 2. The molecule has 0 amide bonds. The fourth-order valence-corrected chi connectivity index (χ4v) is 2.86. The number of fused-ring (bicyclic) bond motifs is 1. The molecule has 0 saturated heterocycles. The number of aromatic amines is 2. The number of rotatable bonds is 4. The van der Waals surface area contributed by atoms with Crippen LogP contribution < -0.4 is 16.0 Å². The maximum absolute atomic E-state index is 12.4. The van der Waals surface area contributed by atoms with Gasteiger partial charge in [-0.2, -0.15) is 0 Å². The highest BCUT2D eigenvalue weighted by atomic mass is 16.6. The zero-order chi connectivity index (χ0) is 18.8. The van der Waals surface area contributed by atoms with Gasteiger partial charge in [0.2, 0.25) is 5.88 Å². The van der Waals surface area contributed by atoms with Crippen molar-refractivity contribution in [3.05, 3.63) is 66.3 Å². The zero-order valence-corrected chi connectivity index (χ0v) is 13.7. The first-order valence-corrected chi connectivity index (χ1v) is 7.83. The first kappa shape index (κ1) is 17.4. The summed E-state index contributed by atoms with van der Waals surface area (Å²) in [4.78, 5) is 50.6. The molecule has 0 radical (unpaired) electrons. The Morgan fingerprint density at radius 1 is 1.31 bits per heavy atom. The number of nitrogens with zero attached hydrogens (tertiary/aromatic N) is 1. The van der Waals surface area contributed by atoms with E-state index in [1.807, 2.05) is 0 Å². The van der Waals surface area contributed by atoms with Crippen molar-refractivity contribution in [2.75, 3.05) is 6.61 Å². The number of benzene rings is 1. The van der Waals surface area contributed by atoms with E-state index in [-0.39, 0.29) is 30.2 Å². The van der Waals surface area contributed by atoms with Gasteiger partial charge in [0.25, 0.3) is 11.2 Å². The van der Waals surface area contributed by atoms with Gasteiger partial charge < -0.3 is 9.47 Å². The molecule has 0 aliphatic carbocycles. The van der Waals surface area contributed by atoms with Crippen LogP contribution >= 0.6 is 0 Å². The molecule has 0 saturated carbocycles. The van der Waals surface area contributed by atoms with Crippen molar-refractivity contribution in [2.24, 2.45) is 5.92 Å². The first-order chi connectivity index (χ1) is 12.4. The Bertz CT molecular complexity index is 961. The Morgan fingerprint density at radius 2 is 2.00 bits per heavy atom. The maximum atomic E-state index is 12.4. The van der Waals surface area contributed by atoms with E-state index in [2.05, 4.69) is 9.97 Å². The molecule has 1 aromatic carbocycles. The number of carbonyl (C=O) groups excluding carboxylic acids is 1. The molecule has 3 rings (SSSR count). The van der Waals surface area contributed by atoms with Crippen LogP contribution in [0, 0.1) is 16.0 Å². The van der Waals surface area contributed by atoms with Crippen molar-refractivity contribution in [3.63, 3.8) is 0 Å². The van der Waals surface area contributed by atoms with Gasteiger partial charge in [-0.25, -0.2) is 4.79 Å². The fraction of sp³-hybridized carbons (Fsp3) is 0.312. The molecule has 0 spiro atoms.